The van der Waals surface area contributed by atoms with E-state index in [2.05, 4.69) is 4.98 Å². The van der Waals surface area contributed by atoms with Crippen molar-refractivity contribution in [1.29, 1.82) is 0 Å². The summed E-state index contributed by atoms with van der Waals surface area (Å²) >= 11 is 11.6. The Kier molecular flexibility index (Phi) is 5.44. The zero-order valence-corrected chi connectivity index (χ0v) is 14.8. The van der Waals surface area contributed by atoms with E-state index >= 15 is 0 Å². The van der Waals surface area contributed by atoms with Crippen LogP contribution < -0.4 is 14.2 Å². The van der Waals surface area contributed by atoms with Crippen LogP contribution in [-0.2, 0) is 0 Å². The molecule has 0 aliphatic carbocycles. The van der Waals surface area contributed by atoms with E-state index in [0.717, 1.165) is 0 Å². The lowest BCUT2D eigenvalue weighted by molar-refractivity contribution is 0.375. The first-order valence-electron chi connectivity index (χ1n) is 7.28. The second kappa shape index (κ2) is 7.76. The Morgan fingerprint density at radius 1 is 0.808 bits per heavy atom. The quantitative estimate of drug-likeness (QED) is 0.476. The van der Waals surface area contributed by atoms with E-state index in [1.54, 1.807) is 18.2 Å². The van der Waals surface area contributed by atoms with Crippen LogP contribution in [0.5, 0.6) is 28.7 Å². The summed E-state index contributed by atoms with van der Waals surface area (Å²) in [5.41, 5.74) is 0. The highest BCUT2D eigenvalue weighted by molar-refractivity contribution is 6.37. The molecule has 0 aliphatic rings. The standard InChI is InChI=1S/C18H11Cl2F2NO3/c1-24-12-8-7-11(9-13(12)25-10-5-3-2-4-6-10)26-16-14(19)17(21)23-18(22)15(16)20/h2-9H,1H3. The van der Waals surface area contributed by atoms with Crippen molar-refractivity contribution in [1.82, 2.24) is 4.98 Å². The molecule has 1 aromatic heterocycles. The van der Waals surface area contributed by atoms with Crippen molar-refractivity contribution in [2.75, 3.05) is 7.11 Å². The number of halogens is 4. The van der Waals surface area contributed by atoms with Gasteiger partial charge >= 0.3 is 0 Å². The monoisotopic (exact) mass is 397 g/mol. The predicted molar refractivity (Wildman–Crippen MR) is 93.8 cm³/mol. The maximum atomic E-state index is 13.5. The lowest BCUT2D eigenvalue weighted by atomic mass is 10.3. The van der Waals surface area contributed by atoms with Crippen LogP contribution in [0.15, 0.2) is 48.5 Å². The highest BCUT2D eigenvalue weighted by atomic mass is 35.5. The van der Waals surface area contributed by atoms with Crippen LogP contribution >= 0.6 is 23.2 Å². The van der Waals surface area contributed by atoms with E-state index in [-0.39, 0.29) is 11.5 Å². The smallest absolute Gasteiger partial charge is 0.238 e. The van der Waals surface area contributed by atoms with Crippen LogP contribution in [-0.4, -0.2) is 12.1 Å². The Morgan fingerprint density at radius 2 is 1.46 bits per heavy atom. The van der Waals surface area contributed by atoms with Gasteiger partial charge in [0, 0.05) is 6.07 Å². The maximum Gasteiger partial charge on any atom is 0.238 e. The number of hydrogen-bond acceptors (Lipinski definition) is 4. The number of para-hydroxylation sites is 1. The van der Waals surface area contributed by atoms with Gasteiger partial charge in [-0.15, -0.1) is 0 Å². The van der Waals surface area contributed by atoms with Crippen molar-refractivity contribution < 1.29 is 23.0 Å². The Morgan fingerprint density at radius 3 is 2.08 bits per heavy atom. The van der Waals surface area contributed by atoms with E-state index in [1.165, 1.54) is 19.2 Å². The van der Waals surface area contributed by atoms with Gasteiger partial charge in [0.15, 0.2) is 17.2 Å². The number of benzene rings is 2. The third kappa shape index (κ3) is 3.81. The Balaban J connectivity index is 1.96. The Labute approximate surface area is 157 Å². The third-order valence-electron chi connectivity index (χ3n) is 3.28. The van der Waals surface area contributed by atoms with Gasteiger partial charge in [0.1, 0.15) is 21.5 Å². The van der Waals surface area contributed by atoms with Gasteiger partial charge in [0.05, 0.1) is 7.11 Å². The molecule has 2 aromatic carbocycles. The zero-order valence-electron chi connectivity index (χ0n) is 13.3. The average Bonchev–Trinajstić information content (AvgIpc) is 2.65. The van der Waals surface area contributed by atoms with Gasteiger partial charge in [-0.3, -0.25) is 0 Å². The molecule has 0 bridgehead atoms. The number of ether oxygens (including phenoxy) is 3. The maximum absolute atomic E-state index is 13.5. The van der Waals surface area contributed by atoms with E-state index < -0.39 is 21.9 Å². The highest BCUT2D eigenvalue weighted by Gasteiger charge is 2.20. The minimum atomic E-state index is -1.22. The van der Waals surface area contributed by atoms with E-state index in [4.69, 9.17) is 37.4 Å². The minimum absolute atomic E-state index is 0.186. The molecule has 8 heteroatoms. The first kappa shape index (κ1) is 18.2. The van der Waals surface area contributed by atoms with E-state index in [1.807, 2.05) is 18.2 Å². The molecule has 0 radical (unpaired) electrons. The number of rotatable bonds is 5. The van der Waals surface area contributed by atoms with Gasteiger partial charge in [-0.25, -0.2) is 0 Å². The largest absolute Gasteiger partial charge is 0.493 e. The fourth-order valence-corrected chi connectivity index (χ4v) is 2.49. The van der Waals surface area contributed by atoms with Gasteiger partial charge in [0.2, 0.25) is 11.9 Å². The summed E-state index contributed by atoms with van der Waals surface area (Å²) in [6, 6.07) is 13.6. The van der Waals surface area contributed by atoms with Crippen molar-refractivity contribution in [3.05, 3.63) is 70.5 Å². The molecule has 1 heterocycles. The van der Waals surface area contributed by atoms with Crippen molar-refractivity contribution >= 4 is 23.2 Å². The molecule has 0 spiro atoms. The van der Waals surface area contributed by atoms with Crippen LogP contribution in [0.2, 0.25) is 10.0 Å². The number of nitrogens with zero attached hydrogens (tertiary/aromatic N) is 1. The first-order valence-corrected chi connectivity index (χ1v) is 8.04. The molecule has 26 heavy (non-hydrogen) atoms. The lowest BCUT2D eigenvalue weighted by Crippen LogP contribution is -1.97. The van der Waals surface area contributed by atoms with Crippen LogP contribution in [0.4, 0.5) is 8.78 Å². The second-order valence-electron chi connectivity index (χ2n) is 4.98. The molecule has 0 saturated heterocycles. The summed E-state index contributed by atoms with van der Waals surface area (Å²) in [7, 11) is 1.48. The molecule has 134 valence electrons. The topological polar surface area (TPSA) is 40.6 Å². The van der Waals surface area contributed by atoms with Gasteiger partial charge in [0.25, 0.3) is 0 Å². The summed E-state index contributed by atoms with van der Waals surface area (Å²) in [5, 5.41) is -1.06. The third-order valence-corrected chi connectivity index (χ3v) is 3.94. The van der Waals surface area contributed by atoms with Crippen molar-refractivity contribution in [2.24, 2.45) is 0 Å². The number of hydrogen-bond donors (Lipinski definition) is 0. The fourth-order valence-electron chi connectivity index (χ4n) is 2.09. The highest BCUT2D eigenvalue weighted by Crippen LogP contribution is 2.41. The average molecular weight is 398 g/mol. The minimum Gasteiger partial charge on any atom is -0.493 e. The summed E-state index contributed by atoms with van der Waals surface area (Å²) in [5.74, 6) is -1.31. The second-order valence-corrected chi connectivity index (χ2v) is 5.74. The Hall–Kier alpha value is -2.57. The summed E-state index contributed by atoms with van der Waals surface area (Å²) < 4.78 is 43.5. The number of aromatic nitrogens is 1. The van der Waals surface area contributed by atoms with Crippen molar-refractivity contribution in [2.45, 2.75) is 0 Å². The fraction of sp³-hybridized carbons (Fsp3) is 0.0556. The number of pyridine rings is 1. The van der Waals surface area contributed by atoms with E-state index in [0.29, 0.717) is 17.2 Å². The van der Waals surface area contributed by atoms with Gasteiger partial charge in [-0.1, -0.05) is 41.4 Å². The molecule has 0 amide bonds. The lowest BCUT2D eigenvalue weighted by Gasteiger charge is -2.14. The first-order chi connectivity index (χ1) is 12.5. The molecule has 0 saturated carbocycles. The number of methoxy groups -OCH3 is 1. The van der Waals surface area contributed by atoms with Crippen LogP contribution in [0.1, 0.15) is 0 Å². The van der Waals surface area contributed by atoms with Crippen molar-refractivity contribution in [3.63, 3.8) is 0 Å². The molecular formula is C18H11Cl2F2NO3. The molecule has 0 atom stereocenters. The predicted octanol–water partition coefficient (Wildman–Crippen LogP) is 6.26. The molecule has 4 nitrogen and oxygen atoms in total. The van der Waals surface area contributed by atoms with Crippen LogP contribution in [0.25, 0.3) is 0 Å². The Bertz CT molecular complexity index is 913. The summed E-state index contributed by atoms with van der Waals surface area (Å²) in [4.78, 5) is 2.95. The van der Waals surface area contributed by atoms with Crippen molar-refractivity contribution in [3.8, 4) is 28.7 Å². The van der Waals surface area contributed by atoms with Gasteiger partial charge in [-0.05, 0) is 24.3 Å². The molecule has 3 rings (SSSR count). The molecule has 3 aromatic rings. The zero-order chi connectivity index (χ0) is 18.7. The summed E-state index contributed by atoms with van der Waals surface area (Å²) in [6.07, 6.45) is 0. The van der Waals surface area contributed by atoms with E-state index in [9.17, 15) is 8.78 Å². The molecule has 0 aliphatic heterocycles. The molecule has 0 unspecified atom stereocenters. The van der Waals surface area contributed by atoms with Crippen LogP contribution in [0, 0.1) is 11.9 Å². The SMILES string of the molecule is COc1ccc(Oc2c(Cl)c(F)nc(F)c2Cl)cc1Oc1ccccc1. The molecule has 0 fully saturated rings. The van der Waals surface area contributed by atoms with Gasteiger partial charge in [-0.2, -0.15) is 13.8 Å². The van der Waals surface area contributed by atoms with Gasteiger partial charge < -0.3 is 14.2 Å². The molecule has 0 N–H and O–H groups in total. The summed E-state index contributed by atoms with van der Waals surface area (Å²) in [6.45, 7) is 0. The van der Waals surface area contributed by atoms with Crippen LogP contribution in [0.3, 0.4) is 0 Å². The molecular weight excluding hydrogens is 387 g/mol. The normalized spacial score (nSPS) is 10.5.